The lowest BCUT2D eigenvalue weighted by atomic mass is 10.2. The Kier molecular flexibility index (Phi) is 3.97. The van der Waals surface area contributed by atoms with Crippen LogP contribution in [0.3, 0.4) is 0 Å². The third-order valence-electron chi connectivity index (χ3n) is 3.21. The first-order chi connectivity index (χ1) is 8.22. The van der Waals surface area contributed by atoms with E-state index in [0.717, 1.165) is 37.8 Å². The zero-order chi connectivity index (χ0) is 12.3. The fourth-order valence-electron chi connectivity index (χ4n) is 2.18. The van der Waals surface area contributed by atoms with Crippen molar-refractivity contribution in [3.05, 3.63) is 23.4 Å². The highest BCUT2D eigenvalue weighted by molar-refractivity contribution is 5.43. The van der Waals surface area contributed by atoms with E-state index in [-0.39, 0.29) is 0 Å². The van der Waals surface area contributed by atoms with Crippen molar-refractivity contribution in [2.75, 3.05) is 31.7 Å². The predicted octanol–water partition coefficient (Wildman–Crippen LogP) is 1.33. The monoisotopic (exact) mass is 235 g/mol. The molecule has 0 aliphatic carbocycles. The van der Waals surface area contributed by atoms with E-state index < -0.39 is 0 Å². The summed E-state index contributed by atoms with van der Waals surface area (Å²) in [6.07, 6.45) is 0. The highest BCUT2D eigenvalue weighted by Crippen LogP contribution is 2.19. The van der Waals surface area contributed by atoms with Crippen LogP contribution in [0.25, 0.3) is 0 Å². The summed E-state index contributed by atoms with van der Waals surface area (Å²) in [6.45, 7) is 7.64. The maximum Gasteiger partial charge on any atom is 0.129 e. The minimum atomic E-state index is 0.408. The molecule has 1 fully saturated rings. The molecule has 1 unspecified atom stereocenters. The number of nitrogens with one attached hydrogen (secondary N) is 1. The molecular weight excluding hydrogens is 214 g/mol. The largest absolute Gasteiger partial charge is 0.377 e. The molecule has 0 aromatic carbocycles. The van der Waals surface area contributed by atoms with Crippen LogP contribution >= 0.6 is 0 Å². The Hall–Kier alpha value is -1.13. The van der Waals surface area contributed by atoms with Crippen molar-refractivity contribution >= 4 is 5.82 Å². The van der Waals surface area contributed by atoms with Gasteiger partial charge in [-0.3, -0.25) is 0 Å². The highest BCUT2D eigenvalue weighted by Gasteiger charge is 2.20. The Morgan fingerprint density at radius 3 is 3.00 bits per heavy atom. The summed E-state index contributed by atoms with van der Waals surface area (Å²) >= 11 is 0. The van der Waals surface area contributed by atoms with Gasteiger partial charge in [-0.1, -0.05) is 6.07 Å². The first-order valence-corrected chi connectivity index (χ1v) is 6.18. The van der Waals surface area contributed by atoms with E-state index >= 15 is 0 Å². The molecule has 1 saturated heterocycles. The quantitative estimate of drug-likeness (QED) is 0.858. The number of pyridine rings is 1. The van der Waals surface area contributed by atoms with Gasteiger partial charge in [-0.25, -0.2) is 4.98 Å². The maximum absolute atomic E-state index is 5.45. The number of ether oxygens (including phenoxy) is 1. The maximum atomic E-state index is 5.45. The molecule has 1 aliphatic heterocycles. The summed E-state index contributed by atoms with van der Waals surface area (Å²) in [5, 5.41) is 3.16. The third-order valence-corrected chi connectivity index (χ3v) is 3.21. The normalized spacial score (nSPS) is 20.6. The lowest BCUT2D eigenvalue weighted by Crippen LogP contribution is -2.44. The molecule has 2 heterocycles. The summed E-state index contributed by atoms with van der Waals surface area (Å²) in [5.74, 6) is 1.07. The van der Waals surface area contributed by atoms with Gasteiger partial charge in [0.15, 0.2) is 0 Å². The van der Waals surface area contributed by atoms with Gasteiger partial charge in [0, 0.05) is 18.8 Å². The summed E-state index contributed by atoms with van der Waals surface area (Å²) in [5.41, 5.74) is 2.37. The molecule has 1 atom stereocenters. The van der Waals surface area contributed by atoms with E-state index in [1.54, 1.807) is 0 Å². The average Bonchev–Trinajstić information content (AvgIpc) is 2.33. The number of anilines is 1. The van der Waals surface area contributed by atoms with Gasteiger partial charge in [0.1, 0.15) is 5.82 Å². The molecule has 17 heavy (non-hydrogen) atoms. The van der Waals surface area contributed by atoms with E-state index in [0.29, 0.717) is 6.04 Å². The lowest BCUT2D eigenvalue weighted by molar-refractivity contribution is 0.0985. The molecule has 0 spiro atoms. The molecule has 0 saturated carbocycles. The van der Waals surface area contributed by atoms with E-state index in [9.17, 15) is 0 Å². The molecule has 4 nitrogen and oxygen atoms in total. The van der Waals surface area contributed by atoms with Crippen LogP contribution < -0.4 is 10.2 Å². The molecule has 0 amide bonds. The molecule has 1 aromatic heterocycles. The van der Waals surface area contributed by atoms with Crippen LogP contribution in [0.5, 0.6) is 0 Å². The molecule has 1 aliphatic rings. The second-order valence-corrected chi connectivity index (χ2v) is 4.56. The molecule has 0 radical (unpaired) electrons. The molecule has 0 bridgehead atoms. The van der Waals surface area contributed by atoms with Gasteiger partial charge in [0.05, 0.1) is 19.3 Å². The molecule has 1 N–H and O–H groups in total. The second kappa shape index (κ2) is 5.47. The van der Waals surface area contributed by atoms with Gasteiger partial charge >= 0.3 is 0 Å². The first-order valence-electron chi connectivity index (χ1n) is 6.18. The lowest BCUT2D eigenvalue weighted by Gasteiger charge is -2.34. The number of hydrogen-bond donors (Lipinski definition) is 1. The number of morpholine rings is 1. The van der Waals surface area contributed by atoms with Crippen molar-refractivity contribution in [1.82, 2.24) is 10.3 Å². The van der Waals surface area contributed by atoms with Crippen molar-refractivity contribution in [3.63, 3.8) is 0 Å². The van der Waals surface area contributed by atoms with E-state index in [2.05, 4.69) is 36.2 Å². The van der Waals surface area contributed by atoms with Gasteiger partial charge in [-0.15, -0.1) is 0 Å². The van der Waals surface area contributed by atoms with Crippen LogP contribution in [-0.4, -0.2) is 37.8 Å². The van der Waals surface area contributed by atoms with E-state index in [4.69, 9.17) is 9.72 Å². The van der Waals surface area contributed by atoms with Crippen LogP contribution in [0.15, 0.2) is 12.1 Å². The number of hydrogen-bond acceptors (Lipinski definition) is 4. The zero-order valence-corrected chi connectivity index (χ0v) is 10.9. The van der Waals surface area contributed by atoms with Crippen molar-refractivity contribution in [2.24, 2.45) is 0 Å². The number of aromatic nitrogens is 1. The zero-order valence-electron chi connectivity index (χ0n) is 10.9. The van der Waals surface area contributed by atoms with Crippen LogP contribution in [0.2, 0.25) is 0 Å². The van der Waals surface area contributed by atoms with E-state index in [1.807, 2.05) is 7.05 Å². The molecule has 2 rings (SSSR count). The standard InChI is InChI=1S/C13H21N3O/c1-10-9-17-7-6-16(10)13-5-4-12(8-14-3)11(2)15-13/h4-5,10,14H,6-9H2,1-3H3. The van der Waals surface area contributed by atoms with Crippen LogP contribution in [0.4, 0.5) is 5.82 Å². The summed E-state index contributed by atoms with van der Waals surface area (Å²) in [7, 11) is 1.96. The first kappa shape index (κ1) is 12.3. The van der Waals surface area contributed by atoms with Gasteiger partial charge in [0.2, 0.25) is 0 Å². The minimum absolute atomic E-state index is 0.408. The van der Waals surface area contributed by atoms with Crippen molar-refractivity contribution in [1.29, 1.82) is 0 Å². The van der Waals surface area contributed by atoms with Gasteiger partial charge in [-0.05, 0) is 32.5 Å². The van der Waals surface area contributed by atoms with Crippen molar-refractivity contribution < 1.29 is 4.74 Å². The Morgan fingerprint density at radius 1 is 1.53 bits per heavy atom. The molecule has 4 heteroatoms. The fourth-order valence-corrected chi connectivity index (χ4v) is 2.18. The Bertz CT molecular complexity index is 381. The summed E-state index contributed by atoms with van der Waals surface area (Å²) < 4.78 is 5.45. The van der Waals surface area contributed by atoms with Crippen molar-refractivity contribution in [2.45, 2.75) is 26.4 Å². The molecular formula is C13H21N3O. The molecule has 94 valence electrons. The smallest absolute Gasteiger partial charge is 0.129 e. The van der Waals surface area contributed by atoms with E-state index in [1.165, 1.54) is 5.56 Å². The van der Waals surface area contributed by atoms with Gasteiger partial charge in [0.25, 0.3) is 0 Å². The van der Waals surface area contributed by atoms with Crippen LogP contribution in [0, 0.1) is 6.92 Å². The fraction of sp³-hybridized carbons (Fsp3) is 0.615. The summed E-state index contributed by atoms with van der Waals surface area (Å²) in [4.78, 5) is 7.02. The number of rotatable bonds is 3. The highest BCUT2D eigenvalue weighted by atomic mass is 16.5. The average molecular weight is 235 g/mol. The van der Waals surface area contributed by atoms with Gasteiger partial charge in [-0.2, -0.15) is 0 Å². The summed E-state index contributed by atoms with van der Waals surface area (Å²) in [6, 6.07) is 4.68. The SMILES string of the molecule is CNCc1ccc(N2CCOCC2C)nc1C. The number of aryl methyl sites for hydroxylation is 1. The Labute approximate surface area is 103 Å². The van der Waals surface area contributed by atoms with Crippen LogP contribution in [-0.2, 0) is 11.3 Å². The van der Waals surface area contributed by atoms with Crippen LogP contribution in [0.1, 0.15) is 18.2 Å². The third kappa shape index (κ3) is 2.76. The predicted molar refractivity (Wildman–Crippen MR) is 69.4 cm³/mol. The Balaban J connectivity index is 2.18. The minimum Gasteiger partial charge on any atom is -0.377 e. The second-order valence-electron chi connectivity index (χ2n) is 4.56. The Morgan fingerprint density at radius 2 is 2.35 bits per heavy atom. The number of nitrogens with zero attached hydrogens (tertiary/aromatic N) is 2. The molecule has 1 aromatic rings. The van der Waals surface area contributed by atoms with Crippen molar-refractivity contribution in [3.8, 4) is 0 Å². The van der Waals surface area contributed by atoms with Gasteiger partial charge < -0.3 is 15.0 Å². The topological polar surface area (TPSA) is 37.4 Å².